The number of carbonyl (C=O) groups excluding carboxylic acids is 1. The Balaban J connectivity index is 2.40. The fourth-order valence-corrected chi connectivity index (χ4v) is 2.82. The summed E-state index contributed by atoms with van der Waals surface area (Å²) in [6.45, 7) is 3.95. The van der Waals surface area contributed by atoms with Crippen LogP contribution in [0, 0.1) is 5.41 Å². The minimum absolute atomic E-state index is 0.221. The number of hydrogen-bond donors (Lipinski definition) is 0. The summed E-state index contributed by atoms with van der Waals surface area (Å²) in [5.74, 6) is 0.300. The van der Waals surface area contributed by atoms with Crippen molar-refractivity contribution in [3.63, 3.8) is 0 Å². The zero-order chi connectivity index (χ0) is 11.3. The topological polar surface area (TPSA) is 17.1 Å². The van der Waals surface area contributed by atoms with Crippen molar-refractivity contribution in [3.05, 3.63) is 34.9 Å². The van der Waals surface area contributed by atoms with E-state index in [4.69, 9.17) is 11.6 Å². The molecule has 1 atom stereocenters. The summed E-state index contributed by atoms with van der Waals surface area (Å²) < 4.78 is -0.221. The smallest absolute Gasteiger partial charge is 0.142 e. The average molecular weight is 288 g/mol. The lowest BCUT2D eigenvalue weighted by Crippen LogP contribution is -2.54. The fourth-order valence-electron chi connectivity index (χ4n) is 1.95. The minimum Gasteiger partial charge on any atom is -0.299 e. The maximum Gasteiger partial charge on any atom is 0.142 e. The summed E-state index contributed by atoms with van der Waals surface area (Å²) in [4.78, 5) is 11.6. The second kappa shape index (κ2) is 3.33. The molecule has 80 valence electrons. The van der Waals surface area contributed by atoms with Crippen molar-refractivity contribution in [1.29, 1.82) is 0 Å². The molecule has 0 heterocycles. The molecule has 1 aromatic carbocycles. The van der Waals surface area contributed by atoms with E-state index < -0.39 is 0 Å². The Kier molecular flexibility index (Phi) is 2.47. The van der Waals surface area contributed by atoms with E-state index in [0.29, 0.717) is 12.2 Å². The van der Waals surface area contributed by atoms with E-state index in [1.807, 2.05) is 38.1 Å². The molecule has 0 spiro atoms. The van der Waals surface area contributed by atoms with Gasteiger partial charge in [0, 0.05) is 16.9 Å². The van der Waals surface area contributed by atoms with Crippen LogP contribution in [0.4, 0.5) is 0 Å². The van der Waals surface area contributed by atoms with E-state index >= 15 is 0 Å². The summed E-state index contributed by atoms with van der Waals surface area (Å²) in [5.41, 5.74) is 0.789. The van der Waals surface area contributed by atoms with Gasteiger partial charge in [-0.2, -0.15) is 0 Å². The van der Waals surface area contributed by atoms with Crippen LogP contribution in [0.1, 0.15) is 25.8 Å². The fraction of sp³-hybridized carbons (Fsp3) is 0.417. The Labute approximate surface area is 103 Å². The van der Waals surface area contributed by atoms with Crippen molar-refractivity contribution in [2.75, 3.05) is 0 Å². The molecule has 0 aliphatic heterocycles. The SMILES string of the molecule is CC1(C)C(=O)CC1(Br)c1ccc(Cl)cc1. The molecule has 1 unspecified atom stereocenters. The predicted molar refractivity (Wildman–Crippen MR) is 65.5 cm³/mol. The van der Waals surface area contributed by atoms with Gasteiger partial charge in [0.2, 0.25) is 0 Å². The highest BCUT2D eigenvalue weighted by atomic mass is 79.9. The third-order valence-electron chi connectivity index (χ3n) is 3.39. The first-order valence-corrected chi connectivity index (χ1v) is 6.03. The van der Waals surface area contributed by atoms with Crippen LogP contribution in [0.3, 0.4) is 0 Å². The molecule has 1 aromatic rings. The van der Waals surface area contributed by atoms with Crippen molar-refractivity contribution in [1.82, 2.24) is 0 Å². The number of halogens is 2. The highest BCUT2D eigenvalue weighted by Gasteiger charge is 2.59. The van der Waals surface area contributed by atoms with Crippen LogP contribution < -0.4 is 0 Å². The van der Waals surface area contributed by atoms with Crippen LogP contribution in [0.2, 0.25) is 5.02 Å². The first kappa shape index (κ1) is 11.2. The van der Waals surface area contributed by atoms with Crippen LogP contribution in [-0.2, 0) is 9.12 Å². The van der Waals surface area contributed by atoms with Crippen molar-refractivity contribution in [2.24, 2.45) is 5.41 Å². The average Bonchev–Trinajstić information content (AvgIpc) is 2.18. The Bertz CT molecular complexity index is 410. The third kappa shape index (κ3) is 1.46. The zero-order valence-corrected chi connectivity index (χ0v) is 11.0. The molecule has 1 fully saturated rings. The first-order chi connectivity index (χ1) is 6.88. The number of ketones is 1. The number of alkyl halides is 1. The molecule has 1 nitrogen and oxygen atoms in total. The van der Waals surface area contributed by atoms with Crippen molar-refractivity contribution < 1.29 is 4.79 Å². The van der Waals surface area contributed by atoms with Gasteiger partial charge < -0.3 is 0 Å². The van der Waals surface area contributed by atoms with Crippen LogP contribution in [0.5, 0.6) is 0 Å². The highest BCUT2D eigenvalue weighted by molar-refractivity contribution is 9.09. The van der Waals surface area contributed by atoms with Gasteiger partial charge in [-0.25, -0.2) is 0 Å². The van der Waals surface area contributed by atoms with Crippen LogP contribution >= 0.6 is 27.5 Å². The molecule has 0 aromatic heterocycles. The highest BCUT2D eigenvalue weighted by Crippen LogP contribution is 2.59. The van der Waals surface area contributed by atoms with Gasteiger partial charge in [0.1, 0.15) is 5.78 Å². The predicted octanol–water partition coefficient (Wildman–Crippen LogP) is 3.93. The quantitative estimate of drug-likeness (QED) is 0.715. The number of hydrogen-bond acceptors (Lipinski definition) is 1. The number of rotatable bonds is 1. The molecule has 3 heteroatoms. The molecule has 0 radical (unpaired) electrons. The molecule has 15 heavy (non-hydrogen) atoms. The summed E-state index contributed by atoms with van der Waals surface area (Å²) in [6, 6.07) is 7.67. The lowest BCUT2D eigenvalue weighted by Gasteiger charge is -2.51. The van der Waals surface area contributed by atoms with Gasteiger partial charge in [-0.3, -0.25) is 4.79 Å². The Morgan fingerprint density at radius 2 is 1.80 bits per heavy atom. The van der Waals surface area contributed by atoms with E-state index in [1.54, 1.807) is 0 Å². The zero-order valence-electron chi connectivity index (χ0n) is 8.68. The van der Waals surface area contributed by atoms with Crippen LogP contribution in [0.15, 0.2) is 24.3 Å². The molecule has 1 aliphatic rings. The molecule has 2 rings (SSSR count). The van der Waals surface area contributed by atoms with Gasteiger partial charge in [0.25, 0.3) is 0 Å². The lowest BCUT2D eigenvalue weighted by atomic mass is 9.59. The largest absolute Gasteiger partial charge is 0.299 e. The van der Waals surface area contributed by atoms with E-state index in [2.05, 4.69) is 15.9 Å². The van der Waals surface area contributed by atoms with E-state index in [9.17, 15) is 4.79 Å². The number of carbonyl (C=O) groups is 1. The maximum absolute atomic E-state index is 11.6. The summed E-state index contributed by atoms with van der Waals surface area (Å²) in [5, 5.41) is 0.721. The van der Waals surface area contributed by atoms with Crippen LogP contribution in [0.25, 0.3) is 0 Å². The summed E-state index contributed by atoms with van der Waals surface area (Å²) in [7, 11) is 0. The molecular weight excluding hydrogens is 275 g/mol. The Morgan fingerprint density at radius 1 is 1.27 bits per heavy atom. The van der Waals surface area contributed by atoms with Gasteiger partial charge in [0.05, 0.1) is 4.32 Å². The normalized spacial score (nSPS) is 28.7. The summed E-state index contributed by atoms with van der Waals surface area (Å²) in [6.07, 6.45) is 0.557. The number of Topliss-reactive ketones (excluding diaryl/α,β-unsaturated/α-hetero) is 1. The minimum atomic E-state index is -0.333. The van der Waals surface area contributed by atoms with E-state index in [-0.39, 0.29) is 9.74 Å². The van der Waals surface area contributed by atoms with Gasteiger partial charge in [0.15, 0.2) is 0 Å². The summed E-state index contributed by atoms with van der Waals surface area (Å²) >= 11 is 9.54. The molecule has 0 bridgehead atoms. The van der Waals surface area contributed by atoms with E-state index in [1.165, 1.54) is 0 Å². The Hall–Kier alpha value is -0.340. The lowest BCUT2D eigenvalue weighted by molar-refractivity contribution is -0.139. The van der Waals surface area contributed by atoms with Gasteiger partial charge in [-0.1, -0.05) is 53.5 Å². The van der Waals surface area contributed by atoms with Crippen molar-refractivity contribution in [2.45, 2.75) is 24.6 Å². The standard InChI is InChI=1S/C12H12BrClO/c1-11(2)10(15)7-12(11,13)8-3-5-9(14)6-4-8/h3-6H,7H2,1-2H3. The molecule has 0 N–H and O–H groups in total. The second-order valence-corrected chi connectivity index (χ2v) is 6.32. The maximum atomic E-state index is 11.6. The second-order valence-electron chi connectivity index (χ2n) is 4.53. The van der Waals surface area contributed by atoms with E-state index in [0.717, 1.165) is 10.6 Å². The molecular formula is C12H12BrClO. The van der Waals surface area contributed by atoms with Gasteiger partial charge in [-0.15, -0.1) is 0 Å². The van der Waals surface area contributed by atoms with Crippen molar-refractivity contribution in [3.8, 4) is 0 Å². The van der Waals surface area contributed by atoms with Gasteiger partial charge >= 0.3 is 0 Å². The first-order valence-electron chi connectivity index (χ1n) is 4.86. The molecule has 0 amide bonds. The van der Waals surface area contributed by atoms with Crippen molar-refractivity contribution >= 4 is 33.3 Å². The van der Waals surface area contributed by atoms with Gasteiger partial charge in [-0.05, 0) is 17.7 Å². The number of benzene rings is 1. The molecule has 1 aliphatic carbocycles. The monoisotopic (exact) mass is 286 g/mol. The molecule has 0 saturated heterocycles. The third-order valence-corrected chi connectivity index (χ3v) is 5.38. The van der Waals surface area contributed by atoms with Crippen LogP contribution in [-0.4, -0.2) is 5.78 Å². The Morgan fingerprint density at radius 3 is 2.20 bits per heavy atom. The molecule has 1 saturated carbocycles.